The van der Waals surface area contributed by atoms with Crippen LogP contribution >= 0.6 is 0 Å². The third kappa shape index (κ3) is 5.70. The second-order valence-corrected chi connectivity index (χ2v) is 7.97. The summed E-state index contributed by atoms with van der Waals surface area (Å²) in [5.41, 5.74) is 3.28. The fourth-order valence-electron chi connectivity index (χ4n) is 3.95. The molecule has 2 fully saturated rings. The third-order valence-electron chi connectivity index (χ3n) is 5.79. The van der Waals surface area contributed by atoms with Crippen molar-refractivity contribution in [3.05, 3.63) is 29.1 Å². The number of amides is 2. The maximum Gasteiger partial charge on any atom is 0.406 e. The van der Waals surface area contributed by atoms with Gasteiger partial charge in [-0.05, 0) is 50.2 Å². The van der Waals surface area contributed by atoms with Crippen LogP contribution in [-0.2, 0) is 27.1 Å². The lowest BCUT2D eigenvalue weighted by Crippen LogP contribution is -2.50. The van der Waals surface area contributed by atoms with E-state index in [2.05, 4.69) is 40.3 Å². The summed E-state index contributed by atoms with van der Waals surface area (Å²) in [6.45, 7) is 6.65. The highest BCUT2D eigenvalue weighted by atomic mass is 16.5. The van der Waals surface area contributed by atoms with Crippen molar-refractivity contribution in [3.63, 3.8) is 0 Å². The normalized spacial score (nSPS) is 19.8. The lowest BCUT2D eigenvalue weighted by molar-refractivity contribution is -0.148. The van der Waals surface area contributed by atoms with E-state index in [1.807, 2.05) is 11.1 Å². The minimum Gasteiger partial charge on any atom is -0.453 e. The number of aromatic nitrogens is 1. The van der Waals surface area contributed by atoms with Gasteiger partial charge in [0, 0.05) is 37.6 Å². The van der Waals surface area contributed by atoms with Crippen LogP contribution in [0.15, 0.2) is 12.3 Å². The molecular weight excluding hydrogens is 384 g/mol. The van der Waals surface area contributed by atoms with Gasteiger partial charge in [-0.2, -0.15) is 0 Å². The number of rotatable bonds is 9. The number of nitrogens with zero attached hydrogens (tertiary/aromatic N) is 2. The monoisotopic (exact) mass is 418 g/mol. The van der Waals surface area contributed by atoms with Gasteiger partial charge in [-0.15, -0.1) is 0 Å². The van der Waals surface area contributed by atoms with E-state index in [4.69, 9.17) is 4.74 Å². The molecule has 1 aliphatic heterocycles. The molecule has 0 bridgehead atoms. The minimum absolute atomic E-state index is 0.0547. The van der Waals surface area contributed by atoms with Crippen molar-refractivity contribution in [1.29, 1.82) is 0 Å². The molecule has 8 nitrogen and oxygen atoms in total. The van der Waals surface area contributed by atoms with Gasteiger partial charge in [0.1, 0.15) is 6.10 Å². The number of aryl methyl sites for hydroxylation is 2. The average molecular weight is 419 g/mol. The van der Waals surface area contributed by atoms with Crippen molar-refractivity contribution in [2.75, 3.05) is 33.4 Å². The Labute approximate surface area is 178 Å². The van der Waals surface area contributed by atoms with Gasteiger partial charge in [0.2, 0.25) is 0 Å². The highest BCUT2D eigenvalue weighted by molar-refractivity contribution is 5.82. The standard InChI is InChI=1S/C22H34N4O4/c1-4-19-16(6-5-9-24-22(28)29-3)12-17(13-25-19)15(2)26(18-7-8-18)21(27)20-14-23-10-11-30-20/h12-13,15,18,20,23H,4-11,14H2,1-3H3,(H,24,28)/t15-,20+/m0/s1. The van der Waals surface area contributed by atoms with Crippen molar-refractivity contribution in [2.24, 2.45) is 0 Å². The molecule has 1 saturated heterocycles. The van der Waals surface area contributed by atoms with Gasteiger partial charge in [-0.25, -0.2) is 4.79 Å². The zero-order valence-electron chi connectivity index (χ0n) is 18.3. The first-order valence-corrected chi connectivity index (χ1v) is 11.0. The Kier molecular flexibility index (Phi) is 8.04. The number of ether oxygens (including phenoxy) is 2. The first-order valence-electron chi connectivity index (χ1n) is 11.0. The Morgan fingerprint density at radius 3 is 2.87 bits per heavy atom. The van der Waals surface area contributed by atoms with Crippen LogP contribution in [0.2, 0.25) is 0 Å². The molecule has 0 unspecified atom stereocenters. The van der Waals surface area contributed by atoms with Crippen molar-refractivity contribution in [1.82, 2.24) is 20.5 Å². The fourth-order valence-corrected chi connectivity index (χ4v) is 3.95. The zero-order valence-corrected chi connectivity index (χ0v) is 18.3. The van der Waals surface area contributed by atoms with Gasteiger partial charge in [0.25, 0.3) is 5.91 Å². The lowest BCUT2D eigenvalue weighted by atomic mass is 10.00. The summed E-state index contributed by atoms with van der Waals surface area (Å²) in [5, 5.41) is 5.97. The largest absolute Gasteiger partial charge is 0.453 e. The molecule has 1 aromatic rings. The topological polar surface area (TPSA) is 92.8 Å². The molecule has 2 heterocycles. The summed E-state index contributed by atoms with van der Waals surface area (Å²) in [6.07, 6.45) is 5.63. The fraction of sp³-hybridized carbons (Fsp3) is 0.682. The summed E-state index contributed by atoms with van der Waals surface area (Å²) in [5.74, 6) is 0.0700. The number of carbonyl (C=O) groups excluding carboxylic acids is 2. The van der Waals surface area contributed by atoms with Gasteiger partial charge >= 0.3 is 6.09 Å². The first-order chi connectivity index (χ1) is 14.5. The Morgan fingerprint density at radius 1 is 1.43 bits per heavy atom. The van der Waals surface area contributed by atoms with Crippen LogP contribution in [0.4, 0.5) is 4.79 Å². The van der Waals surface area contributed by atoms with Gasteiger partial charge in [-0.1, -0.05) is 13.0 Å². The molecular formula is C22H34N4O4. The molecule has 0 spiro atoms. The van der Waals surface area contributed by atoms with Crippen LogP contribution in [-0.4, -0.2) is 67.4 Å². The highest BCUT2D eigenvalue weighted by Crippen LogP contribution is 2.35. The Morgan fingerprint density at radius 2 is 2.23 bits per heavy atom. The predicted octanol–water partition coefficient (Wildman–Crippen LogP) is 1.97. The van der Waals surface area contributed by atoms with Crippen molar-refractivity contribution >= 4 is 12.0 Å². The molecule has 0 radical (unpaired) electrons. The molecule has 1 saturated carbocycles. The molecule has 2 amide bonds. The van der Waals surface area contributed by atoms with Gasteiger partial charge < -0.3 is 25.0 Å². The molecule has 2 atom stereocenters. The van der Waals surface area contributed by atoms with E-state index in [1.54, 1.807) is 0 Å². The van der Waals surface area contributed by atoms with Crippen LogP contribution in [0.25, 0.3) is 0 Å². The Bertz CT molecular complexity index is 732. The molecule has 2 N–H and O–H groups in total. The van der Waals surface area contributed by atoms with Crippen molar-refractivity contribution in [2.45, 2.75) is 64.1 Å². The number of morpholine rings is 1. The van der Waals surface area contributed by atoms with E-state index >= 15 is 0 Å². The molecule has 1 aromatic heterocycles. The van der Waals surface area contributed by atoms with Crippen LogP contribution in [0.3, 0.4) is 0 Å². The number of nitrogens with one attached hydrogen (secondary N) is 2. The number of hydrogen-bond donors (Lipinski definition) is 2. The second kappa shape index (κ2) is 10.7. The number of alkyl carbamates (subject to hydrolysis) is 1. The number of carbonyl (C=O) groups is 2. The number of hydrogen-bond acceptors (Lipinski definition) is 6. The van der Waals surface area contributed by atoms with E-state index in [0.717, 1.165) is 49.9 Å². The molecule has 8 heteroatoms. The smallest absolute Gasteiger partial charge is 0.406 e. The lowest BCUT2D eigenvalue weighted by Gasteiger charge is -2.34. The SMILES string of the molecule is CCc1ncc([C@H](C)N(C(=O)[C@H]2CNCCO2)C2CC2)cc1CCCNC(=O)OC. The molecule has 166 valence electrons. The summed E-state index contributed by atoms with van der Waals surface area (Å²) < 4.78 is 10.3. The van der Waals surface area contributed by atoms with Crippen LogP contribution in [0.1, 0.15) is 56.0 Å². The summed E-state index contributed by atoms with van der Waals surface area (Å²) in [7, 11) is 1.36. The molecule has 3 rings (SSSR count). The summed E-state index contributed by atoms with van der Waals surface area (Å²) in [6, 6.07) is 2.41. The van der Waals surface area contributed by atoms with E-state index in [0.29, 0.717) is 19.7 Å². The minimum atomic E-state index is -0.413. The Balaban J connectivity index is 1.70. The molecule has 2 aliphatic rings. The van der Waals surface area contributed by atoms with Gasteiger partial charge in [-0.3, -0.25) is 9.78 Å². The van der Waals surface area contributed by atoms with Gasteiger partial charge in [0.05, 0.1) is 19.8 Å². The zero-order chi connectivity index (χ0) is 21.5. The quantitative estimate of drug-likeness (QED) is 0.596. The molecule has 0 aromatic carbocycles. The van der Waals surface area contributed by atoms with E-state index in [9.17, 15) is 9.59 Å². The summed E-state index contributed by atoms with van der Waals surface area (Å²) >= 11 is 0. The van der Waals surface area contributed by atoms with Crippen LogP contribution in [0.5, 0.6) is 0 Å². The maximum atomic E-state index is 13.2. The highest BCUT2D eigenvalue weighted by Gasteiger charge is 2.40. The van der Waals surface area contributed by atoms with Crippen LogP contribution < -0.4 is 10.6 Å². The Hall–Kier alpha value is -2.19. The summed E-state index contributed by atoms with van der Waals surface area (Å²) in [4.78, 5) is 31.1. The van der Waals surface area contributed by atoms with E-state index < -0.39 is 12.2 Å². The molecule has 30 heavy (non-hydrogen) atoms. The second-order valence-electron chi connectivity index (χ2n) is 7.97. The van der Waals surface area contributed by atoms with Gasteiger partial charge in [0.15, 0.2) is 0 Å². The number of pyridine rings is 1. The third-order valence-corrected chi connectivity index (χ3v) is 5.79. The average Bonchev–Trinajstić information content (AvgIpc) is 3.62. The number of methoxy groups -OCH3 is 1. The van der Waals surface area contributed by atoms with Crippen LogP contribution in [0, 0.1) is 0 Å². The van der Waals surface area contributed by atoms with Crippen molar-refractivity contribution in [3.8, 4) is 0 Å². The van der Waals surface area contributed by atoms with Crippen molar-refractivity contribution < 1.29 is 19.1 Å². The van der Waals surface area contributed by atoms with E-state index in [1.165, 1.54) is 12.7 Å². The van der Waals surface area contributed by atoms with E-state index in [-0.39, 0.29) is 18.0 Å². The first kappa shape index (κ1) is 22.5. The molecule has 1 aliphatic carbocycles. The predicted molar refractivity (Wildman–Crippen MR) is 113 cm³/mol. The maximum absolute atomic E-state index is 13.2.